The summed E-state index contributed by atoms with van der Waals surface area (Å²) in [7, 11) is -3.72. The largest absolute Gasteiger partial charge is 0.326 e. The monoisotopic (exact) mass is 282 g/mol. The van der Waals surface area contributed by atoms with Crippen molar-refractivity contribution in [2.24, 2.45) is 5.73 Å². The molecule has 8 nitrogen and oxygen atoms in total. The molecular weight excluding hydrogens is 268 g/mol. The molecule has 0 radical (unpaired) electrons. The minimum absolute atomic E-state index is 0.0477. The second-order valence-electron chi connectivity index (χ2n) is 3.88. The molecule has 0 fully saturated rings. The van der Waals surface area contributed by atoms with Crippen molar-refractivity contribution in [2.45, 2.75) is 25.0 Å². The van der Waals surface area contributed by atoms with Gasteiger partial charge in [-0.2, -0.15) is 15.3 Å². The van der Waals surface area contributed by atoms with E-state index in [9.17, 15) is 8.42 Å². The summed E-state index contributed by atoms with van der Waals surface area (Å²) in [5, 5.41) is 13.8. The van der Waals surface area contributed by atoms with Crippen LogP contribution in [0.4, 0.5) is 0 Å². The summed E-state index contributed by atoms with van der Waals surface area (Å²) >= 11 is 0. The topological polar surface area (TPSA) is 127 Å². The second kappa shape index (κ2) is 5.43. The van der Waals surface area contributed by atoms with Crippen LogP contribution in [0.2, 0.25) is 0 Å². The summed E-state index contributed by atoms with van der Waals surface area (Å²) in [6, 6.07) is 3.36. The Morgan fingerprint density at radius 1 is 1.47 bits per heavy atom. The molecule has 0 amide bonds. The molecule has 0 spiro atoms. The minimum Gasteiger partial charge on any atom is -0.326 e. The van der Waals surface area contributed by atoms with Gasteiger partial charge in [-0.1, -0.05) is 0 Å². The summed E-state index contributed by atoms with van der Waals surface area (Å²) in [6.45, 7) is 1.87. The van der Waals surface area contributed by atoms with Crippen molar-refractivity contribution in [3.05, 3.63) is 35.3 Å². The van der Waals surface area contributed by atoms with Crippen LogP contribution in [0.15, 0.2) is 23.4 Å². The van der Waals surface area contributed by atoms with E-state index in [1.807, 2.05) is 0 Å². The average molecular weight is 282 g/mol. The van der Waals surface area contributed by atoms with Gasteiger partial charge in [-0.15, -0.1) is 0 Å². The van der Waals surface area contributed by atoms with Crippen molar-refractivity contribution < 1.29 is 8.42 Å². The predicted octanol–water partition coefficient (Wildman–Crippen LogP) is -0.555. The number of hydrogen-bond acceptors (Lipinski definition) is 6. The highest BCUT2D eigenvalue weighted by Gasteiger charge is 2.22. The smallest absolute Gasteiger partial charge is 0.260 e. The van der Waals surface area contributed by atoms with E-state index in [0.717, 1.165) is 0 Å². The predicted molar refractivity (Wildman–Crippen MR) is 67.3 cm³/mol. The van der Waals surface area contributed by atoms with Crippen LogP contribution in [-0.2, 0) is 23.1 Å². The highest BCUT2D eigenvalue weighted by Crippen LogP contribution is 2.15. The zero-order valence-electron chi connectivity index (χ0n) is 10.3. The van der Waals surface area contributed by atoms with Gasteiger partial charge < -0.3 is 5.73 Å². The maximum atomic E-state index is 12.1. The Kier molecular flexibility index (Phi) is 3.88. The molecule has 0 aliphatic heterocycles. The van der Waals surface area contributed by atoms with Crippen LogP contribution < -0.4 is 10.5 Å². The molecule has 0 aliphatic rings. The zero-order valence-corrected chi connectivity index (χ0v) is 11.1. The standard InChI is InChI=1S/C10H14N6O2S/c1-7-9(5-11)10(16-14-7)19(17,18)13-6-8-3-2-4-12-15-8/h2-4,13H,5-6,11H2,1H3,(H,14,16). The van der Waals surface area contributed by atoms with Gasteiger partial charge in [-0.3, -0.25) is 5.10 Å². The molecule has 0 bridgehead atoms. The number of nitrogens with one attached hydrogen (secondary N) is 2. The quantitative estimate of drug-likeness (QED) is 0.675. The molecule has 2 rings (SSSR count). The number of aryl methyl sites for hydroxylation is 1. The van der Waals surface area contributed by atoms with Gasteiger partial charge in [-0.05, 0) is 19.1 Å². The summed E-state index contributed by atoms with van der Waals surface area (Å²) in [5.74, 6) is 0. The molecule has 19 heavy (non-hydrogen) atoms. The molecule has 2 aromatic heterocycles. The average Bonchev–Trinajstić information content (AvgIpc) is 2.79. The fourth-order valence-electron chi connectivity index (χ4n) is 1.56. The molecule has 0 saturated heterocycles. The first kappa shape index (κ1) is 13.6. The molecule has 2 heterocycles. The van der Waals surface area contributed by atoms with Crippen LogP contribution in [0, 0.1) is 6.92 Å². The minimum atomic E-state index is -3.72. The lowest BCUT2D eigenvalue weighted by atomic mass is 10.3. The molecule has 0 aliphatic carbocycles. The van der Waals surface area contributed by atoms with Crippen molar-refractivity contribution in [2.75, 3.05) is 0 Å². The molecule has 0 aromatic carbocycles. The van der Waals surface area contributed by atoms with E-state index in [0.29, 0.717) is 17.0 Å². The molecule has 102 valence electrons. The Morgan fingerprint density at radius 3 is 2.89 bits per heavy atom. The lowest BCUT2D eigenvalue weighted by Crippen LogP contribution is -2.25. The van der Waals surface area contributed by atoms with Gasteiger partial charge in [-0.25, -0.2) is 13.1 Å². The maximum absolute atomic E-state index is 12.1. The van der Waals surface area contributed by atoms with Crippen molar-refractivity contribution in [3.8, 4) is 0 Å². The molecule has 2 aromatic rings. The first-order valence-corrected chi connectivity index (χ1v) is 7.03. The zero-order chi connectivity index (χ0) is 13.9. The van der Waals surface area contributed by atoms with Gasteiger partial charge in [0, 0.05) is 24.0 Å². The Hall–Kier alpha value is -1.84. The van der Waals surface area contributed by atoms with Gasteiger partial charge >= 0.3 is 0 Å². The van der Waals surface area contributed by atoms with Crippen LogP contribution in [-0.4, -0.2) is 28.8 Å². The number of aromatic nitrogens is 4. The van der Waals surface area contributed by atoms with Gasteiger partial charge in [0.1, 0.15) is 0 Å². The fourth-order valence-corrected chi connectivity index (χ4v) is 2.76. The number of sulfonamides is 1. The molecule has 0 atom stereocenters. The van der Waals surface area contributed by atoms with Crippen molar-refractivity contribution in [3.63, 3.8) is 0 Å². The van der Waals surface area contributed by atoms with E-state index >= 15 is 0 Å². The molecule has 0 saturated carbocycles. The van der Waals surface area contributed by atoms with Crippen LogP contribution in [0.3, 0.4) is 0 Å². The first-order valence-electron chi connectivity index (χ1n) is 5.54. The van der Waals surface area contributed by atoms with Crippen molar-refractivity contribution in [1.82, 2.24) is 25.1 Å². The highest BCUT2D eigenvalue weighted by molar-refractivity contribution is 7.89. The second-order valence-corrected chi connectivity index (χ2v) is 5.56. The third-order valence-corrected chi connectivity index (χ3v) is 3.94. The number of nitrogens with zero attached hydrogens (tertiary/aromatic N) is 3. The van der Waals surface area contributed by atoms with Gasteiger partial charge in [0.25, 0.3) is 10.0 Å². The van der Waals surface area contributed by atoms with Crippen molar-refractivity contribution >= 4 is 10.0 Å². The lowest BCUT2D eigenvalue weighted by molar-refractivity contribution is 0.574. The molecule has 0 unspecified atom stereocenters. The van der Waals surface area contributed by atoms with Gasteiger partial charge in [0.2, 0.25) is 0 Å². The molecule has 9 heteroatoms. The summed E-state index contributed by atoms with van der Waals surface area (Å²) in [6.07, 6.45) is 1.52. The number of rotatable bonds is 5. The Bertz CT molecular complexity index is 652. The SMILES string of the molecule is Cc1[nH]nc(S(=O)(=O)NCc2cccnn2)c1CN. The van der Waals surface area contributed by atoms with E-state index < -0.39 is 10.0 Å². The Balaban J connectivity index is 2.19. The summed E-state index contributed by atoms with van der Waals surface area (Å²) < 4.78 is 26.6. The number of aromatic amines is 1. The number of H-pyrrole nitrogens is 1. The van der Waals surface area contributed by atoms with E-state index in [4.69, 9.17) is 5.73 Å². The summed E-state index contributed by atoms with van der Waals surface area (Å²) in [4.78, 5) is 0. The van der Waals surface area contributed by atoms with Crippen LogP contribution in [0.25, 0.3) is 0 Å². The third kappa shape index (κ3) is 2.95. The van der Waals surface area contributed by atoms with E-state index in [1.165, 1.54) is 6.20 Å². The maximum Gasteiger partial charge on any atom is 0.260 e. The van der Waals surface area contributed by atoms with Crippen LogP contribution in [0.1, 0.15) is 17.0 Å². The van der Waals surface area contributed by atoms with E-state index in [1.54, 1.807) is 19.1 Å². The highest BCUT2D eigenvalue weighted by atomic mass is 32.2. The Labute approximate surface area is 110 Å². The van der Waals surface area contributed by atoms with Gasteiger partial charge in [0.05, 0.1) is 12.2 Å². The van der Waals surface area contributed by atoms with E-state index in [2.05, 4.69) is 25.1 Å². The number of nitrogens with two attached hydrogens (primary N) is 1. The van der Waals surface area contributed by atoms with Gasteiger partial charge in [0.15, 0.2) is 5.03 Å². The molecular formula is C10H14N6O2S. The van der Waals surface area contributed by atoms with Crippen LogP contribution in [0.5, 0.6) is 0 Å². The Morgan fingerprint density at radius 2 is 2.26 bits per heavy atom. The molecule has 4 N–H and O–H groups in total. The third-order valence-electron chi connectivity index (χ3n) is 2.57. The summed E-state index contributed by atoms with van der Waals surface area (Å²) in [5.41, 5.74) is 7.17. The number of hydrogen-bond donors (Lipinski definition) is 3. The normalized spacial score (nSPS) is 11.7. The van der Waals surface area contributed by atoms with Crippen molar-refractivity contribution in [1.29, 1.82) is 0 Å². The fraction of sp³-hybridized carbons (Fsp3) is 0.300. The van der Waals surface area contributed by atoms with Crippen LogP contribution >= 0.6 is 0 Å². The van der Waals surface area contributed by atoms with E-state index in [-0.39, 0.29) is 18.1 Å². The first-order chi connectivity index (χ1) is 9.04. The lowest BCUT2D eigenvalue weighted by Gasteiger charge is -2.05.